The van der Waals surface area contributed by atoms with Crippen molar-refractivity contribution in [3.63, 3.8) is 0 Å². The van der Waals surface area contributed by atoms with Crippen LogP contribution < -0.4 is 14.2 Å². The van der Waals surface area contributed by atoms with E-state index >= 15 is 0 Å². The molecule has 0 aliphatic carbocycles. The molecule has 1 heterocycles. The van der Waals surface area contributed by atoms with Crippen LogP contribution in [0.1, 0.15) is 58.1 Å². The summed E-state index contributed by atoms with van der Waals surface area (Å²) in [7, 11) is 0. The molecule has 1 aliphatic rings. The van der Waals surface area contributed by atoms with E-state index in [0.29, 0.717) is 54.7 Å². The van der Waals surface area contributed by atoms with Crippen LogP contribution in [0.5, 0.6) is 17.2 Å². The molecule has 5 nitrogen and oxygen atoms in total. The predicted octanol–water partition coefficient (Wildman–Crippen LogP) is 6.04. The molecule has 0 bridgehead atoms. The van der Waals surface area contributed by atoms with Crippen LogP contribution in [0, 0.1) is 0 Å². The lowest BCUT2D eigenvalue weighted by Gasteiger charge is -2.24. The molecule has 2 aromatic rings. The van der Waals surface area contributed by atoms with Gasteiger partial charge in [0, 0.05) is 18.4 Å². The first-order valence-corrected chi connectivity index (χ1v) is 11.2. The van der Waals surface area contributed by atoms with E-state index in [9.17, 15) is 9.90 Å². The Kier molecular flexibility index (Phi) is 7.05. The van der Waals surface area contributed by atoms with Gasteiger partial charge in [0.1, 0.15) is 17.2 Å². The normalized spacial score (nSPS) is 17.7. The average molecular weight is 447 g/mol. The van der Waals surface area contributed by atoms with E-state index in [1.165, 1.54) is 5.56 Å². The fourth-order valence-corrected chi connectivity index (χ4v) is 3.81. The smallest absolute Gasteiger partial charge is 0.348 e. The van der Waals surface area contributed by atoms with E-state index in [0.717, 1.165) is 12.0 Å². The summed E-state index contributed by atoms with van der Waals surface area (Å²) >= 11 is 6.40. The quantitative estimate of drug-likeness (QED) is 0.450. The molecular weight excluding hydrogens is 416 g/mol. The number of hydrogen-bond acceptors (Lipinski definition) is 4. The molecule has 6 heteroatoms. The summed E-state index contributed by atoms with van der Waals surface area (Å²) < 4.78 is 17.4. The largest absolute Gasteiger partial charge is 0.493 e. The van der Waals surface area contributed by atoms with Crippen molar-refractivity contribution in [2.75, 3.05) is 13.2 Å². The predicted molar refractivity (Wildman–Crippen MR) is 122 cm³/mol. The lowest BCUT2D eigenvalue weighted by molar-refractivity contribution is -0.154. The number of fused-ring (bicyclic) bond motifs is 1. The summed E-state index contributed by atoms with van der Waals surface area (Å²) in [5.74, 6) is 1.06. The van der Waals surface area contributed by atoms with Gasteiger partial charge < -0.3 is 19.3 Å². The first kappa shape index (κ1) is 23.3. The second-order valence-electron chi connectivity index (χ2n) is 8.63. The molecule has 0 aromatic heterocycles. The summed E-state index contributed by atoms with van der Waals surface area (Å²) in [4.78, 5) is 11.6. The molecule has 0 fully saturated rings. The van der Waals surface area contributed by atoms with Crippen molar-refractivity contribution in [1.82, 2.24) is 0 Å². The van der Waals surface area contributed by atoms with Crippen LogP contribution in [-0.2, 0) is 16.6 Å². The summed E-state index contributed by atoms with van der Waals surface area (Å²) in [5, 5.41) is 10.1. The van der Waals surface area contributed by atoms with Gasteiger partial charge in [-0.25, -0.2) is 4.79 Å². The van der Waals surface area contributed by atoms with E-state index in [1.807, 2.05) is 25.1 Å². The van der Waals surface area contributed by atoms with Crippen LogP contribution in [0.4, 0.5) is 0 Å². The molecule has 1 N–H and O–H groups in total. The molecule has 0 spiro atoms. The van der Waals surface area contributed by atoms with E-state index in [2.05, 4.69) is 26.8 Å². The van der Waals surface area contributed by atoms with Gasteiger partial charge in [-0.15, -0.1) is 0 Å². The van der Waals surface area contributed by atoms with Gasteiger partial charge in [-0.3, -0.25) is 0 Å². The first-order chi connectivity index (χ1) is 14.7. The molecule has 3 rings (SSSR count). The lowest BCUT2D eigenvalue weighted by Crippen LogP contribution is -2.42. The zero-order valence-electron chi connectivity index (χ0n) is 18.7. The highest BCUT2D eigenvalue weighted by Crippen LogP contribution is 2.39. The molecule has 0 amide bonds. The Bertz CT molecular complexity index is 940. The van der Waals surface area contributed by atoms with Crippen LogP contribution >= 0.6 is 11.6 Å². The second kappa shape index (κ2) is 9.39. The molecule has 2 aromatic carbocycles. The summed E-state index contributed by atoms with van der Waals surface area (Å²) in [6, 6.07) is 11.4. The number of carboxylic acids is 1. The van der Waals surface area contributed by atoms with Crippen molar-refractivity contribution in [3.05, 3.63) is 52.5 Å². The summed E-state index contributed by atoms with van der Waals surface area (Å²) in [6.07, 6.45) is 2.48. The van der Waals surface area contributed by atoms with Crippen LogP contribution in [0.3, 0.4) is 0 Å². The maximum atomic E-state index is 11.6. The Hall–Kier alpha value is -2.40. The lowest BCUT2D eigenvalue weighted by atomic mass is 9.82. The topological polar surface area (TPSA) is 65.0 Å². The van der Waals surface area contributed by atoms with Crippen LogP contribution in [0.15, 0.2) is 36.4 Å². The summed E-state index contributed by atoms with van der Waals surface area (Å²) in [5.41, 5.74) is 0.972. The number of ether oxygens (including phenoxy) is 3. The van der Waals surface area contributed by atoms with Crippen molar-refractivity contribution in [2.24, 2.45) is 0 Å². The van der Waals surface area contributed by atoms with E-state index < -0.39 is 11.6 Å². The monoisotopic (exact) mass is 446 g/mol. The van der Waals surface area contributed by atoms with Gasteiger partial charge in [0.15, 0.2) is 0 Å². The van der Waals surface area contributed by atoms with Gasteiger partial charge in [-0.1, -0.05) is 45.4 Å². The molecule has 31 heavy (non-hydrogen) atoms. The second-order valence-corrected chi connectivity index (χ2v) is 9.04. The third-order valence-electron chi connectivity index (χ3n) is 6.19. The van der Waals surface area contributed by atoms with Crippen LogP contribution in [-0.4, -0.2) is 29.9 Å². The minimum absolute atomic E-state index is 0.0815. The van der Waals surface area contributed by atoms with Crippen molar-refractivity contribution >= 4 is 17.6 Å². The number of carbonyl (C=O) groups is 1. The molecule has 168 valence electrons. The third kappa shape index (κ3) is 5.09. The van der Waals surface area contributed by atoms with Gasteiger partial charge in [-0.2, -0.15) is 0 Å². The van der Waals surface area contributed by atoms with E-state index in [-0.39, 0.29) is 5.41 Å². The average Bonchev–Trinajstić information content (AvgIpc) is 3.14. The van der Waals surface area contributed by atoms with Gasteiger partial charge >= 0.3 is 5.97 Å². The number of rotatable bonds is 10. The molecule has 1 aliphatic heterocycles. The number of hydrogen-bond donors (Lipinski definition) is 1. The van der Waals surface area contributed by atoms with Gasteiger partial charge in [0.25, 0.3) is 0 Å². The minimum Gasteiger partial charge on any atom is -0.493 e. The number of benzene rings is 2. The molecular formula is C25H31ClO5. The molecule has 1 atom stereocenters. The fourth-order valence-electron chi connectivity index (χ4n) is 3.58. The molecule has 0 saturated heterocycles. The SMILES string of the molecule is CCC1(C(=O)O)Cc2cc(OCCCOc3ccc(C(C)(C)CC)cc3Cl)ccc2O1. The van der Waals surface area contributed by atoms with E-state index in [4.69, 9.17) is 25.8 Å². The Balaban J connectivity index is 1.49. The van der Waals surface area contributed by atoms with Crippen molar-refractivity contribution in [2.45, 2.75) is 64.4 Å². The van der Waals surface area contributed by atoms with Gasteiger partial charge in [-0.05, 0) is 54.2 Å². The Morgan fingerprint density at radius 3 is 2.55 bits per heavy atom. The van der Waals surface area contributed by atoms with Gasteiger partial charge in [0.2, 0.25) is 5.60 Å². The molecule has 1 unspecified atom stereocenters. The number of aliphatic carboxylic acids is 1. The Morgan fingerprint density at radius 2 is 1.90 bits per heavy atom. The van der Waals surface area contributed by atoms with Crippen LogP contribution in [0.2, 0.25) is 5.02 Å². The zero-order valence-corrected chi connectivity index (χ0v) is 19.4. The summed E-state index contributed by atoms with van der Waals surface area (Å²) in [6.45, 7) is 9.36. The standard InChI is InChI=1S/C25H31ClO5/c1-5-24(3,4)18-8-10-22(20(26)15-18)30-13-7-12-29-19-9-11-21-17(14-19)16-25(6-2,31-21)23(27)28/h8-11,14-15H,5-7,12-13,16H2,1-4H3,(H,27,28). The van der Waals surface area contributed by atoms with Crippen molar-refractivity contribution < 1.29 is 24.1 Å². The Labute approximate surface area is 189 Å². The van der Waals surface area contributed by atoms with Crippen LogP contribution in [0.25, 0.3) is 0 Å². The maximum absolute atomic E-state index is 11.6. The van der Waals surface area contributed by atoms with Gasteiger partial charge in [0.05, 0.1) is 18.2 Å². The molecule has 0 radical (unpaired) electrons. The van der Waals surface area contributed by atoms with E-state index in [1.54, 1.807) is 12.1 Å². The maximum Gasteiger partial charge on any atom is 0.348 e. The highest BCUT2D eigenvalue weighted by Gasteiger charge is 2.45. The molecule has 0 saturated carbocycles. The highest BCUT2D eigenvalue weighted by molar-refractivity contribution is 6.32. The minimum atomic E-state index is -1.17. The zero-order chi connectivity index (χ0) is 22.6. The highest BCUT2D eigenvalue weighted by atomic mass is 35.5. The third-order valence-corrected chi connectivity index (χ3v) is 6.48. The first-order valence-electron chi connectivity index (χ1n) is 10.8. The fraction of sp³-hybridized carbons (Fsp3) is 0.480. The van der Waals surface area contributed by atoms with Crippen molar-refractivity contribution in [3.8, 4) is 17.2 Å². The van der Waals surface area contributed by atoms with Crippen molar-refractivity contribution in [1.29, 1.82) is 0 Å². The number of carboxylic acid groups (broad SMARTS) is 1. The number of halogens is 1. The Morgan fingerprint density at radius 1 is 1.16 bits per heavy atom.